The summed E-state index contributed by atoms with van der Waals surface area (Å²) >= 11 is 1.48. The van der Waals surface area contributed by atoms with E-state index in [0.29, 0.717) is 11.7 Å². The molecule has 1 aromatic carbocycles. The van der Waals surface area contributed by atoms with Gasteiger partial charge in [-0.2, -0.15) is 0 Å². The van der Waals surface area contributed by atoms with Crippen molar-refractivity contribution < 1.29 is 0 Å². The molecule has 24 heavy (non-hydrogen) atoms. The molecule has 0 fully saturated rings. The quantitative estimate of drug-likeness (QED) is 0.568. The third-order valence-corrected chi connectivity index (χ3v) is 5.22. The maximum absolute atomic E-state index is 12.3. The first-order valence-corrected chi connectivity index (χ1v) is 9.31. The largest absolute Gasteiger partial charge is 0.361 e. The second kappa shape index (κ2) is 6.11. The average Bonchev–Trinajstić information content (AvgIpc) is 2.97. The number of aromatic amines is 2. The Morgan fingerprint density at radius 2 is 2.25 bits per heavy atom. The van der Waals surface area contributed by atoms with Gasteiger partial charge in [0.1, 0.15) is 0 Å². The van der Waals surface area contributed by atoms with Crippen LogP contribution in [0.4, 0.5) is 0 Å². The first-order valence-electron chi connectivity index (χ1n) is 8.09. The SMILES string of the molecule is CSc1nc2c(c(=O)[nH]1)CN(Cc1c[nH]c3cc(C)ccc13)CC2. The maximum Gasteiger partial charge on any atom is 0.256 e. The van der Waals surface area contributed by atoms with Crippen LogP contribution in [0, 0.1) is 6.92 Å². The van der Waals surface area contributed by atoms with Crippen LogP contribution < -0.4 is 5.56 Å². The molecular weight excluding hydrogens is 320 g/mol. The molecule has 6 heteroatoms. The molecule has 0 aliphatic carbocycles. The number of hydrogen-bond donors (Lipinski definition) is 2. The zero-order valence-electron chi connectivity index (χ0n) is 13.8. The Bertz CT molecular complexity index is 959. The topological polar surface area (TPSA) is 64.8 Å². The molecule has 1 aliphatic rings. The Morgan fingerprint density at radius 1 is 1.38 bits per heavy atom. The van der Waals surface area contributed by atoms with E-state index in [2.05, 4.69) is 51.2 Å². The number of benzene rings is 1. The van der Waals surface area contributed by atoms with E-state index in [9.17, 15) is 4.79 Å². The highest BCUT2D eigenvalue weighted by atomic mass is 32.2. The molecule has 1 aliphatic heterocycles. The predicted octanol–water partition coefficient (Wildman–Crippen LogP) is 2.84. The highest BCUT2D eigenvalue weighted by molar-refractivity contribution is 7.98. The smallest absolute Gasteiger partial charge is 0.256 e. The van der Waals surface area contributed by atoms with Crippen LogP contribution in [0.15, 0.2) is 34.3 Å². The van der Waals surface area contributed by atoms with Crippen molar-refractivity contribution >= 4 is 22.7 Å². The molecule has 0 amide bonds. The van der Waals surface area contributed by atoms with E-state index >= 15 is 0 Å². The van der Waals surface area contributed by atoms with Crippen molar-refractivity contribution in [2.75, 3.05) is 12.8 Å². The zero-order chi connectivity index (χ0) is 16.7. The van der Waals surface area contributed by atoms with E-state index in [0.717, 1.165) is 30.8 Å². The van der Waals surface area contributed by atoms with Crippen molar-refractivity contribution in [2.24, 2.45) is 0 Å². The number of rotatable bonds is 3. The minimum absolute atomic E-state index is 0.00333. The Kier molecular flexibility index (Phi) is 3.94. The number of thioether (sulfide) groups is 1. The Balaban J connectivity index is 1.59. The molecule has 124 valence electrons. The van der Waals surface area contributed by atoms with Gasteiger partial charge in [0.2, 0.25) is 0 Å². The molecule has 0 radical (unpaired) electrons. The van der Waals surface area contributed by atoms with E-state index in [1.165, 1.54) is 33.8 Å². The van der Waals surface area contributed by atoms with Crippen LogP contribution in [0.25, 0.3) is 10.9 Å². The molecule has 5 nitrogen and oxygen atoms in total. The van der Waals surface area contributed by atoms with E-state index in [-0.39, 0.29) is 5.56 Å². The van der Waals surface area contributed by atoms with Gasteiger partial charge in [-0.05, 0) is 30.4 Å². The third kappa shape index (κ3) is 2.76. The molecule has 3 aromatic rings. The van der Waals surface area contributed by atoms with Crippen molar-refractivity contribution in [2.45, 2.75) is 31.6 Å². The van der Waals surface area contributed by atoms with Crippen LogP contribution in [0.2, 0.25) is 0 Å². The summed E-state index contributed by atoms with van der Waals surface area (Å²) in [7, 11) is 0. The van der Waals surface area contributed by atoms with E-state index < -0.39 is 0 Å². The molecule has 3 heterocycles. The zero-order valence-corrected chi connectivity index (χ0v) is 14.7. The number of hydrogen-bond acceptors (Lipinski definition) is 4. The fraction of sp³-hybridized carbons (Fsp3) is 0.333. The average molecular weight is 340 g/mol. The standard InChI is InChI=1S/C18H20N4OS/c1-11-3-4-13-12(8-19-16(13)7-11)9-22-6-5-15-14(10-22)17(23)21-18(20-15)24-2/h3-4,7-8,19H,5-6,9-10H2,1-2H3,(H,20,21,23). The number of aromatic nitrogens is 3. The summed E-state index contributed by atoms with van der Waals surface area (Å²) in [6.45, 7) is 4.52. The lowest BCUT2D eigenvalue weighted by Crippen LogP contribution is -2.35. The summed E-state index contributed by atoms with van der Waals surface area (Å²) in [6, 6.07) is 6.49. The highest BCUT2D eigenvalue weighted by Gasteiger charge is 2.21. The van der Waals surface area contributed by atoms with Gasteiger partial charge in [-0.25, -0.2) is 4.98 Å². The van der Waals surface area contributed by atoms with Crippen LogP contribution in [0.1, 0.15) is 22.4 Å². The van der Waals surface area contributed by atoms with Gasteiger partial charge in [0.05, 0.1) is 11.3 Å². The van der Waals surface area contributed by atoms with Crippen LogP contribution in [0.3, 0.4) is 0 Å². The Labute approximate surface area is 144 Å². The van der Waals surface area contributed by atoms with Gasteiger partial charge in [0.15, 0.2) is 5.16 Å². The van der Waals surface area contributed by atoms with Gasteiger partial charge in [-0.1, -0.05) is 23.9 Å². The van der Waals surface area contributed by atoms with Gasteiger partial charge in [0, 0.05) is 43.2 Å². The number of nitrogens with one attached hydrogen (secondary N) is 2. The lowest BCUT2D eigenvalue weighted by molar-refractivity contribution is 0.242. The second-order valence-electron chi connectivity index (χ2n) is 6.32. The first kappa shape index (κ1) is 15.5. The lowest BCUT2D eigenvalue weighted by atomic mass is 10.1. The van der Waals surface area contributed by atoms with Gasteiger partial charge >= 0.3 is 0 Å². The Morgan fingerprint density at radius 3 is 3.08 bits per heavy atom. The molecule has 0 bridgehead atoms. The summed E-state index contributed by atoms with van der Waals surface area (Å²) in [5, 5.41) is 1.97. The van der Waals surface area contributed by atoms with Crippen molar-refractivity contribution in [1.29, 1.82) is 0 Å². The molecular formula is C18H20N4OS. The fourth-order valence-electron chi connectivity index (χ4n) is 3.36. The van der Waals surface area contributed by atoms with Crippen molar-refractivity contribution in [3.8, 4) is 0 Å². The van der Waals surface area contributed by atoms with E-state index in [1.807, 2.05) is 6.26 Å². The molecule has 2 N–H and O–H groups in total. The molecule has 0 saturated heterocycles. The molecule has 2 aromatic heterocycles. The van der Waals surface area contributed by atoms with Gasteiger partial charge in [-0.15, -0.1) is 0 Å². The molecule has 0 spiro atoms. The number of fused-ring (bicyclic) bond motifs is 2. The Hall–Kier alpha value is -2.05. The molecule has 0 unspecified atom stereocenters. The summed E-state index contributed by atoms with van der Waals surface area (Å²) in [5.41, 5.74) is 5.47. The number of aryl methyl sites for hydroxylation is 1. The monoisotopic (exact) mass is 340 g/mol. The van der Waals surface area contributed by atoms with Crippen molar-refractivity contribution in [3.63, 3.8) is 0 Å². The molecule has 0 atom stereocenters. The minimum Gasteiger partial charge on any atom is -0.361 e. The van der Waals surface area contributed by atoms with Gasteiger partial charge in [-0.3, -0.25) is 9.69 Å². The summed E-state index contributed by atoms with van der Waals surface area (Å²) in [4.78, 5) is 25.4. The van der Waals surface area contributed by atoms with Gasteiger partial charge in [0.25, 0.3) is 5.56 Å². The molecule has 4 rings (SSSR count). The van der Waals surface area contributed by atoms with Crippen LogP contribution in [-0.4, -0.2) is 32.7 Å². The maximum atomic E-state index is 12.3. The summed E-state index contributed by atoms with van der Waals surface area (Å²) in [6.07, 6.45) is 4.84. The van der Waals surface area contributed by atoms with E-state index in [4.69, 9.17) is 0 Å². The van der Waals surface area contributed by atoms with Crippen molar-refractivity contribution in [3.05, 3.63) is 57.1 Å². The predicted molar refractivity (Wildman–Crippen MR) is 97.5 cm³/mol. The van der Waals surface area contributed by atoms with Gasteiger partial charge < -0.3 is 9.97 Å². The summed E-state index contributed by atoms with van der Waals surface area (Å²) < 4.78 is 0. The van der Waals surface area contributed by atoms with Crippen LogP contribution in [0.5, 0.6) is 0 Å². The van der Waals surface area contributed by atoms with Crippen molar-refractivity contribution in [1.82, 2.24) is 19.9 Å². The second-order valence-corrected chi connectivity index (χ2v) is 7.12. The van der Waals surface area contributed by atoms with E-state index in [1.54, 1.807) is 0 Å². The van der Waals surface area contributed by atoms with Crippen LogP contribution in [-0.2, 0) is 19.5 Å². The first-order chi connectivity index (χ1) is 11.6. The molecule has 0 saturated carbocycles. The number of nitrogens with zero attached hydrogens (tertiary/aromatic N) is 2. The summed E-state index contributed by atoms with van der Waals surface area (Å²) in [5.74, 6) is 0. The lowest BCUT2D eigenvalue weighted by Gasteiger charge is -2.27. The normalized spacial score (nSPS) is 14.9. The number of H-pyrrole nitrogens is 2. The fourth-order valence-corrected chi connectivity index (χ4v) is 3.76. The highest BCUT2D eigenvalue weighted by Crippen LogP contribution is 2.23. The minimum atomic E-state index is 0.00333. The van der Waals surface area contributed by atoms with Crippen LogP contribution >= 0.6 is 11.8 Å². The third-order valence-electron chi connectivity index (χ3n) is 4.64.